The number of aryl methyl sites for hydroxylation is 2. The van der Waals surface area contributed by atoms with Crippen molar-refractivity contribution in [3.8, 4) is 0 Å². The molecule has 1 aliphatic carbocycles. The second-order valence-corrected chi connectivity index (χ2v) is 6.55. The molecule has 3 rings (SSSR count). The molecule has 2 N–H and O–H groups in total. The van der Waals surface area contributed by atoms with Gasteiger partial charge in [0.1, 0.15) is 0 Å². The highest BCUT2D eigenvalue weighted by Crippen LogP contribution is 2.25. The van der Waals surface area contributed by atoms with Crippen molar-refractivity contribution in [1.82, 2.24) is 5.32 Å². The molecule has 2 aromatic rings. The normalized spacial score (nSPS) is 14.3. The summed E-state index contributed by atoms with van der Waals surface area (Å²) in [6.07, 6.45) is 3.69. The summed E-state index contributed by atoms with van der Waals surface area (Å²) in [5.41, 5.74) is 5.20. The molecule has 2 aromatic carbocycles. The standard InChI is InChI=1S/C18H19ClN2S/c1-12(14-6-5-13-3-2-4-15(13)11-14)20-18(22)21-17-9-7-16(19)8-10-17/h5-12H,2-4H2,1H3,(H2,20,21,22). The van der Waals surface area contributed by atoms with Crippen LogP contribution in [-0.4, -0.2) is 5.11 Å². The van der Waals surface area contributed by atoms with Gasteiger partial charge >= 0.3 is 0 Å². The highest BCUT2D eigenvalue weighted by Gasteiger charge is 2.14. The van der Waals surface area contributed by atoms with Crippen molar-refractivity contribution in [1.29, 1.82) is 0 Å². The maximum absolute atomic E-state index is 5.88. The number of anilines is 1. The molecule has 114 valence electrons. The summed E-state index contributed by atoms with van der Waals surface area (Å²) in [6.45, 7) is 2.13. The van der Waals surface area contributed by atoms with Crippen LogP contribution in [0.25, 0.3) is 0 Å². The van der Waals surface area contributed by atoms with Crippen molar-refractivity contribution < 1.29 is 0 Å². The minimum atomic E-state index is 0.179. The molecule has 22 heavy (non-hydrogen) atoms. The molecule has 0 saturated carbocycles. The number of benzene rings is 2. The second-order valence-electron chi connectivity index (χ2n) is 5.71. The van der Waals surface area contributed by atoms with Gasteiger partial charge in [-0.1, -0.05) is 29.8 Å². The molecule has 0 heterocycles. The Labute approximate surface area is 141 Å². The number of nitrogens with one attached hydrogen (secondary N) is 2. The van der Waals surface area contributed by atoms with E-state index in [1.165, 1.54) is 36.0 Å². The Morgan fingerprint density at radius 3 is 2.59 bits per heavy atom. The summed E-state index contributed by atoms with van der Waals surface area (Å²) in [7, 11) is 0. The van der Waals surface area contributed by atoms with Gasteiger partial charge < -0.3 is 10.6 Å². The number of hydrogen-bond donors (Lipinski definition) is 2. The molecule has 0 fully saturated rings. The van der Waals surface area contributed by atoms with E-state index in [0.29, 0.717) is 5.11 Å². The Morgan fingerprint density at radius 2 is 1.82 bits per heavy atom. The van der Waals surface area contributed by atoms with E-state index >= 15 is 0 Å². The van der Waals surface area contributed by atoms with Crippen LogP contribution in [0.4, 0.5) is 5.69 Å². The SMILES string of the molecule is CC(NC(=S)Nc1ccc(Cl)cc1)c1ccc2c(c1)CCC2. The minimum absolute atomic E-state index is 0.179. The van der Waals surface area contributed by atoms with E-state index in [4.69, 9.17) is 23.8 Å². The highest BCUT2D eigenvalue weighted by molar-refractivity contribution is 7.80. The zero-order valence-corrected chi connectivity index (χ0v) is 14.1. The van der Waals surface area contributed by atoms with Crippen molar-refractivity contribution in [2.45, 2.75) is 32.2 Å². The fourth-order valence-electron chi connectivity index (χ4n) is 2.84. The molecule has 1 aliphatic rings. The first-order valence-electron chi connectivity index (χ1n) is 7.56. The number of halogens is 1. The summed E-state index contributed by atoms with van der Waals surface area (Å²) in [5, 5.41) is 7.86. The summed E-state index contributed by atoms with van der Waals surface area (Å²) < 4.78 is 0. The van der Waals surface area contributed by atoms with Gasteiger partial charge in [-0.05, 0) is 79.4 Å². The lowest BCUT2D eigenvalue weighted by Gasteiger charge is -2.18. The summed E-state index contributed by atoms with van der Waals surface area (Å²) >= 11 is 11.3. The van der Waals surface area contributed by atoms with Gasteiger partial charge in [0.25, 0.3) is 0 Å². The zero-order valence-electron chi connectivity index (χ0n) is 12.5. The largest absolute Gasteiger partial charge is 0.356 e. The number of hydrogen-bond acceptors (Lipinski definition) is 1. The van der Waals surface area contributed by atoms with E-state index in [1.54, 1.807) is 0 Å². The smallest absolute Gasteiger partial charge is 0.171 e. The average Bonchev–Trinajstić information content (AvgIpc) is 2.97. The van der Waals surface area contributed by atoms with Crippen LogP contribution >= 0.6 is 23.8 Å². The molecule has 1 unspecified atom stereocenters. The first-order chi connectivity index (χ1) is 10.6. The fourth-order valence-corrected chi connectivity index (χ4v) is 3.26. The lowest BCUT2D eigenvalue weighted by atomic mass is 10.0. The second kappa shape index (κ2) is 6.67. The molecule has 1 atom stereocenters. The van der Waals surface area contributed by atoms with Gasteiger partial charge in [0.2, 0.25) is 0 Å². The first kappa shape index (κ1) is 15.3. The van der Waals surface area contributed by atoms with E-state index < -0.39 is 0 Å². The lowest BCUT2D eigenvalue weighted by molar-refractivity contribution is 0.721. The fraction of sp³-hybridized carbons (Fsp3) is 0.278. The molecule has 0 aliphatic heterocycles. The quantitative estimate of drug-likeness (QED) is 0.785. The topological polar surface area (TPSA) is 24.1 Å². The number of fused-ring (bicyclic) bond motifs is 1. The first-order valence-corrected chi connectivity index (χ1v) is 8.35. The van der Waals surface area contributed by atoms with Crippen molar-refractivity contribution in [2.75, 3.05) is 5.32 Å². The molecule has 4 heteroatoms. The van der Waals surface area contributed by atoms with Crippen molar-refractivity contribution in [3.63, 3.8) is 0 Å². The third-order valence-corrected chi connectivity index (χ3v) is 4.54. The van der Waals surface area contributed by atoms with Crippen molar-refractivity contribution in [3.05, 3.63) is 64.2 Å². The Balaban J connectivity index is 1.62. The lowest BCUT2D eigenvalue weighted by Crippen LogP contribution is -2.30. The van der Waals surface area contributed by atoms with Gasteiger partial charge in [0, 0.05) is 10.7 Å². The van der Waals surface area contributed by atoms with Gasteiger partial charge in [0.15, 0.2) is 5.11 Å². The van der Waals surface area contributed by atoms with Gasteiger partial charge in [-0.3, -0.25) is 0 Å². The summed E-state index contributed by atoms with van der Waals surface area (Å²) in [4.78, 5) is 0. The van der Waals surface area contributed by atoms with Crippen molar-refractivity contribution in [2.24, 2.45) is 0 Å². The van der Waals surface area contributed by atoms with Crippen LogP contribution in [0.1, 0.15) is 36.1 Å². The molecule has 0 saturated heterocycles. The van der Waals surface area contributed by atoms with E-state index in [2.05, 4.69) is 35.8 Å². The molecule has 0 amide bonds. The Hall–Kier alpha value is -1.58. The van der Waals surface area contributed by atoms with E-state index in [0.717, 1.165) is 10.7 Å². The Morgan fingerprint density at radius 1 is 1.09 bits per heavy atom. The summed E-state index contributed by atoms with van der Waals surface area (Å²) in [6, 6.07) is 14.5. The van der Waals surface area contributed by atoms with E-state index in [1.807, 2.05) is 24.3 Å². The van der Waals surface area contributed by atoms with Crippen LogP contribution in [-0.2, 0) is 12.8 Å². The van der Waals surface area contributed by atoms with Crippen LogP contribution in [0.5, 0.6) is 0 Å². The van der Waals surface area contributed by atoms with Crippen LogP contribution < -0.4 is 10.6 Å². The monoisotopic (exact) mass is 330 g/mol. The maximum Gasteiger partial charge on any atom is 0.171 e. The van der Waals surface area contributed by atoms with E-state index in [-0.39, 0.29) is 6.04 Å². The van der Waals surface area contributed by atoms with Crippen molar-refractivity contribution >= 4 is 34.6 Å². The third-order valence-electron chi connectivity index (χ3n) is 4.07. The van der Waals surface area contributed by atoms with Gasteiger partial charge in [-0.25, -0.2) is 0 Å². The zero-order chi connectivity index (χ0) is 15.5. The van der Waals surface area contributed by atoms with Crippen LogP contribution in [0.3, 0.4) is 0 Å². The summed E-state index contributed by atoms with van der Waals surface area (Å²) in [5.74, 6) is 0. The minimum Gasteiger partial charge on any atom is -0.356 e. The van der Waals surface area contributed by atoms with Crippen LogP contribution in [0, 0.1) is 0 Å². The molecule has 0 radical (unpaired) electrons. The van der Waals surface area contributed by atoms with E-state index in [9.17, 15) is 0 Å². The predicted molar refractivity (Wildman–Crippen MR) is 97.7 cm³/mol. The van der Waals surface area contributed by atoms with Gasteiger partial charge in [0.05, 0.1) is 6.04 Å². The average molecular weight is 331 g/mol. The maximum atomic E-state index is 5.88. The Bertz CT molecular complexity index is 682. The van der Waals surface area contributed by atoms with Crippen LogP contribution in [0.15, 0.2) is 42.5 Å². The molecule has 0 spiro atoms. The molecular weight excluding hydrogens is 312 g/mol. The van der Waals surface area contributed by atoms with Gasteiger partial charge in [-0.2, -0.15) is 0 Å². The molecule has 0 aromatic heterocycles. The predicted octanol–water partition coefficient (Wildman–Crippen LogP) is 4.88. The number of thiocarbonyl (C=S) groups is 1. The molecule has 2 nitrogen and oxygen atoms in total. The third kappa shape index (κ3) is 3.60. The molecule has 0 bridgehead atoms. The van der Waals surface area contributed by atoms with Gasteiger partial charge in [-0.15, -0.1) is 0 Å². The Kier molecular flexibility index (Phi) is 4.65. The number of rotatable bonds is 3. The molecular formula is C18H19ClN2S. The van der Waals surface area contributed by atoms with Crippen LogP contribution in [0.2, 0.25) is 5.02 Å². The highest BCUT2D eigenvalue weighted by atomic mass is 35.5.